The van der Waals surface area contributed by atoms with Crippen molar-refractivity contribution < 1.29 is 14.3 Å². The van der Waals surface area contributed by atoms with E-state index in [-0.39, 0.29) is 6.04 Å². The molecule has 0 bridgehead atoms. The summed E-state index contributed by atoms with van der Waals surface area (Å²) in [5.74, 6) is -0.411. The number of benzene rings is 2. The molecule has 1 saturated heterocycles. The average Bonchev–Trinajstić information content (AvgIpc) is 2.85. The molecule has 1 aliphatic heterocycles. The second kappa shape index (κ2) is 12.4. The van der Waals surface area contributed by atoms with Crippen LogP contribution in [0.5, 0.6) is 5.75 Å². The van der Waals surface area contributed by atoms with Crippen molar-refractivity contribution in [2.75, 3.05) is 72.4 Å². The highest BCUT2D eigenvalue weighted by Gasteiger charge is 2.25. The number of carbonyl (C=O) groups is 2. The number of nitrogens with zero attached hydrogens (tertiary/aromatic N) is 3. The van der Waals surface area contributed by atoms with Gasteiger partial charge in [0, 0.05) is 59.1 Å². The van der Waals surface area contributed by atoms with Crippen molar-refractivity contribution in [3.05, 3.63) is 59.7 Å². The molecule has 8 heteroatoms. The molecule has 1 unspecified atom stereocenters. The van der Waals surface area contributed by atoms with E-state index in [2.05, 4.69) is 56.6 Å². The SMILES string of the molecule is COc1ccc(CCNC(=O)C(=O)NCC(c2ccc(N(C)C)cc2)N2CCN(C)CC2)cc1. The van der Waals surface area contributed by atoms with Gasteiger partial charge < -0.3 is 25.2 Å². The number of carbonyl (C=O) groups excluding carboxylic acids is 2. The number of hydrogen-bond acceptors (Lipinski definition) is 6. The molecule has 34 heavy (non-hydrogen) atoms. The lowest BCUT2D eigenvalue weighted by molar-refractivity contribution is -0.139. The fourth-order valence-corrected chi connectivity index (χ4v) is 4.05. The number of anilines is 1. The van der Waals surface area contributed by atoms with Crippen LogP contribution in [0.1, 0.15) is 17.2 Å². The quantitative estimate of drug-likeness (QED) is 0.545. The predicted molar refractivity (Wildman–Crippen MR) is 135 cm³/mol. The highest BCUT2D eigenvalue weighted by molar-refractivity contribution is 6.35. The molecule has 0 spiro atoms. The van der Waals surface area contributed by atoms with E-state index in [1.54, 1.807) is 7.11 Å². The van der Waals surface area contributed by atoms with Crippen molar-refractivity contribution in [1.82, 2.24) is 20.4 Å². The van der Waals surface area contributed by atoms with E-state index in [9.17, 15) is 9.59 Å². The summed E-state index contributed by atoms with van der Waals surface area (Å²) in [4.78, 5) is 31.6. The Morgan fingerprint density at radius 1 is 0.941 bits per heavy atom. The van der Waals surface area contributed by atoms with Crippen LogP contribution in [0.4, 0.5) is 5.69 Å². The fraction of sp³-hybridized carbons (Fsp3) is 0.462. The summed E-state index contributed by atoms with van der Waals surface area (Å²) in [6, 6.07) is 16.1. The summed E-state index contributed by atoms with van der Waals surface area (Å²) < 4.78 is 5.16. The lowest BCUT2D eigenvalue weighted by atomic mass is 10.0. The minimum Gasteiger partial charge on any atom is -0.497 e. The van der Waals surface area contributed by atoms with Gasteiger partial charge in [0.15, 0.2) is 0 Å². The van der Waals surface area contributed by atoms with E-state index in [4.69, 9.17) is 4.74 Å². The Balaban J connectivity index is 1.55. The number of ether oxygens (including phenoxy) is 1. The molecule has 1 atom stereocenters. The van der Waals surface area contributed by atoms with E-state index in [0.29, 0.717) is 19.5 Å². The van der Waals surface area contributed by atoms with Gasteiger partial charge in [-0.05, 0) is 48.9 Å². The lowest BCUT2D eigenvalue weighted by Crippen LogP contribution is -2.49. The van der Waals surface area contributed by atoms with Gasteiger partial charge in [-0.15, -0.1) is 0 Å². The summed E-state index contributed by atoms with van der Waals surface area (Å²) >= 11 is 0. The van der Waals surface area contributed by atoms with Gasteiger partial charge in [0.1, 0.15) is 5.75 Å². The number of nitrogens with one attached hydrogen (secondary N) is 2. The Bertz CT molecular complexity index is 922. The van der Waals surface area contributed by atoms with E-state index < -0.39 is 11.8 Å². The first-order valence-electron chi connectivity index (χ1n) is 11.8. The molecule has 2 aromatic carbocycles. The maximum absolute atomic E-state index is 12.5. The van der Waals surface area contributed by atoms with Gasteiger partial charge in [-0.3, -0.25) is 14.5 Å². The molecule has 1 aliphatic rings. The molecule has 1 fully saturated rings. The standard InChI is InChI=1S/C26H37N5O3/c1-29(2)22-9-7-21(8-10-22)24(31-17-15-30(3)16-18-31)19-28-26(33)25(32)27-14-13-20-5-11-23(34-4)12-6-20/h5-12,24H,13-19H2,1-4H3,(H,27,32)(H,28,33). The van der Waals surface area contributed by atoms with Crippen molar-refractivity contribution in [2.24, 2.45) is 0 Å². The predicted octanol–water partition coefficient (Wildman–Crippen LogP) is 1.52. The topological polar surface area (TPSA) is 77.1 Å². The zero-order chi connectivity index (χ0) is 24.5. The summed E-state index contributed by atoms with van der Waals surface area (Å²) in [6.45, 7) is 4.57. The highest BCUT2D eigenvalue weighted by atomic mass is 16.5. The highest BCUT2D eigenvalue weighted by Crippen LogP contribution is 2.24. The Labute approximate surface area is 202 Å². The molecule has 0 aliphatic carbocycles. The number of amides is 2. The van der Waals surface area contributed by atoms with Crippen molar-refractivity contribution in [3.8, 4) is 5.75 Å². The fourth-order valence-electron chi connectivity index (χ4n) is 4.05. The lowest BCUT2D eigenvalue weighted by Gasteiger charge is -2.38. The molecule has 184 valence electrons. The number of rotatable bonds is 9. The van der Waals surface area contributed by atoms with Crippen LogP contribution >= 0.6 is 0 Å². The van der Waals surface area contributed by atoms with Crippen LogP contribution in [0.25, 0.3) is 0 Å². The Kier molecular flexibility index (Phi) is 9.30. The number of piperazine rings is 1. The van der Waals surface area contributed by atoms with Crippen molar-refractivity contribution in [2.45, 2.75) is 12.5 Å². The van der Waals surface area contributed by atoms with Gasteiger partial charge in [-0.1, -0.05) is 24.3 Å². The second-order valence-electron chi connectivity index (χ2n) is 8.91. The van der Waals surface area contributed by atoms with Gasteiger partial charge in [0.2, 0.25) is 0 Å². The first kappa shape index (κ1) is 25.5. The maximum Gasteiger partial charge on any atom is 0.309 e. The van der Waals surface area contributed by atoms with E-state index in [1.807, 2.05) is 38.4 Å². The normalized spacial score (nSPS) is 15.4. The molecule has 0 saturated carbocycles. The van der Waals surface area contributed by atoms with E-state index in [0.717, 1.165) is 48.7 Å². The Hall–Kier alpha value is -3.10. The van der Waals surface area contributed by atoms with Crippen LogP contribution in [0.15, 0.2) is 48.5 Å². The van der Waals surface area contributed by atoms with Gasteiger partial charge in [-0.2, -0.15) is 0 Å². The molecular formula is C26H37N5O3. The Morgan fingerprint density at radius 2 is 1.56 bits per heavy atom. The smallest absolute Gasteiger partial charge is 0.309 e. The van der Waals surface area contributed by atoms with Crippen LogP contribution in [0, 0.1) is 0 Å². The third-order valence-electron chi connectivity index (χ3n) is 6.29. The molecule has 0 radical (unpaired) electrons. The van der Waals surface area contributed by atoms with Crippen molar-refractivity contribution >= 4 is 17.5 Å². The maximum atomic E-state index is 12.5. The van der Waals surface area contributed by atoms with Crippen LogP contribution in [0.3, 0.4) is 0 Å². The summed E-state index contributed by atoms with van der Waals surface area (Å²) in [6.07, 6.45) is 0.644. The van der Waals surface area contributed by atoms with Gasteiger partial charge in [-0.25, -0.2) is 0 Å². The number of hydrogen-bond donors (Lipinski definition) is 2. The van der Waals surface area contributed by atoms with E-state index in [1.165, 1.54) is 0 Å². The van der Waals surface area contributed by atoms with E-state index >= 15 is 0 Å². The third kappa shape index (κ3) is 7.20. The number of likely N-dealkylation sites (N-methyl/N-ethyl adjacent to an activating group) is 1. The third-order valence-corrected chi connectivity index (χ3v) is 6.29. The Morgan fingerprint density at radius 3 is 2.15 bits per heavy atom. The molecule has 2 amide bonds. The molecular weight excluding hydrogens is 430 g/mol. The van der Waals surface area contributed by atoms with Gasteiger partial charge in [0.05, 0.1) is 13.2 Å². The van der Waals surface area contributed by atoms with Crippen LogP contribution in [-0.4, -0.2) is 89.1 Å². The molecule has 3 rings (SSSR count). The largest absolute Gasteiger partial charge is 0.497 e. The van der Waals surface area contributed by atoms with Crippen molar-refractivity contribution in [3.63, 3.8) is 0 Å². The van der Waals surface area contributed by atoms with Crippen LogP contribution in [-0.2, 0) is 16.0 Å². The summed E-state index contributed by atoms with van der Waals surface area (Å²) in [5.41, 5.74) is 3.33. The zero-order valence-corrected chi connectivity index (χ0v) is 20.7. The van der Waals surface area contributed by atoms with Crippen LogP contribution in [0.2, 0.25) is 0 Å². The summed E-state index contributed by atoms with van der Waals surface area (Å²) in [5, 5.41) is 5.58. The van der Waals surface area contributed by atoms with Crippen LogP contribution < -0.4 is 20.3 Å². The zero-order valence-electron chi connectivity index (χ0n) is 20.7. The van der Waals surface area contributed by atoms with Crippen molar-refractivity contribution in [1.29, 1.82) is 0 Å². The molecule has 2 aromatic rings. The molecule has 1 heterocycles. The first-order chi connectivity index (χ1) is 16.4. The minimum atomic E-state index is -0.603. The monoisotopic (exact) mass is 467 g/mol. The van der Waals surface area contributed by atoms with Gasteiger partial charge >= 0.3 is 11.8 Å². The summed E-state index contributed by atoms with van der Waals surface area (Å²) in [7, 11) is 7.78. The average molecular weight is 468 g/mol. The first-order valence-corrected chi connectivity index (χ1v) is 11.8. The molecule has 0 aromatic heterocycles. The number of methoxy groups -OCH3 is 1. The minimum absolute atomic E-state index is 0.0148. The molecule has 2 N–H and O–H groups in total. The second-order valence-corrected chi connectivity index (χ2v) is 8.91. The van der Waals surface area contributed by atoms with Gasteiger partial charge in [0.25, 0.3) is 0 Å². The molecule has 8 nitrogen and oxygen atoms in total.